The molecule has 0 heterocycles. The van der Waals surface area contributed by atoms with Gasteiger partial charge < -0.3 is 14.9 Å². The van der Waals surface area contributed by atoms with Gasteiger partial charge in [-0.05, 0) is 61.9 Å². The molecule has 0 aromatic carbocycles. The fourth-order valence-electron chi connectivity index (χ4n) is 5.60. The van der Waals surface area contributed by atoms with Gasteiger partial charge in [-0.25, -0.2) is 0 Å². The van der Waals surface area contributed by atoms with Crippen LogP contribution in [0.15, 0.2) is 23.8 Å². The van der Waals surface area contributed by atoms with E-state index in [9.17, 15) is 9.90 Å². The van der Waals surface area contributed by atoms with Crippen LogP contribution in [0.4, 0.5) is 0 Å². The highest BCUT2D eigenvalue weighted by atomic mass is 16.5. The van der Waals surface area contributed by atoms with Gasteiger partial charge in [0.25, 0.3) is 0 Å². The van der Waals surface area contributed by atoms with E-state index in [2.05, 4.69) is 20.4 Å². The van der Waals surface area contributed by atoms with Crippen LogP contribution >= 0.6 is 0 Å². The number of hydrogen-bond acceptors (Lipinski definition) is 4. The average Bonchev–Trinajstić information content (AvgIpc) is 2.56. The smallest absolute Gasteiger partial charge is 0.302 e. The summed E-state index contributed by atoms with van der Waals surface area (Å²) in [6.45, 7) is 12.8. The lowest BCUT2D eigenvalue weighted by Crippen LogP contribution is -2.55. The number of carbonyl (C=O) groups is 1. The van der Waals surface area contributed by atoms with E-state index < -0.39 is 6.10 Å². The van der Waals surface area contributed by atoms with Crippen LogP contribution in [-0.4, -0.2) is 35.5 Å². The van der Waals surface area contributed by atoms with Crippen LogP contribution in [0.2, 0.25) is 0 Å². The molecule has 2 N–H and O–H groups in total. The molecule has 4 heteroatoms. The Morgan fingerprint density at radius 2 is 2.04 bits per heavy atom. The van der Waals surface area contributed by atoms with Crippen molar-refractivity contribution >= 4 is 5.97 Å². The fraction of sp³-hybridized carbons (Fsp3) is 0.773. The molecule has 26 heavy (non-hydrogen) atoms. The Morgan fingerprint density at radius 3 is 2.65 bits per heavy atom. The van der Waals surface area contributed by atoms with E-state index in [-0.39, 0.29) is 29.3 Å². The summed E-state index contributed by atoms with van der Waals surface area (Å²) >= 11 is 0. The van der Waals surface area contributed by atoms with Crippen LogP contribution < -0.4 is 0 Å². The average molecular weight is 365 g/mol. The fourth-order valence-corrected chi connectivity index (χ4v) is 5.60. The second kappa shape index (κ2) is 8.26. The highest BCUT2D eigenvalue weighted by molar-refractivity contribution is 5.65. The van der Waals surface area contributed by atoms with E-state index in [0.717, 1.165) is 37.7 Å². The first-order valence-electron chi connectivity index (χ1n) is 9.90. The normalized spacial score (nSPS) is 38.0. The zero-order valence-corrected chi connectivity index (χ0v) is 16.9. The third-order valence-electron chi connectivity index (χ3n) is 7.10. The third-order valence-corrected chi connectivity index (χ3v) is 7.10. The minimum absolute atomic E-state index is 0.0585. The van der Waals surface area contributed by atoms with Crippen molar-refractivity contribution in [2.45, 2.75) is 72.3 Å². The first-order valence-corrected chi connectivity index (χ1v) is 9.90. The van der Waals surface area contributed by atoms with Crippen molar-refractivity contribution in [1.29, 1.82) is 0 Å². The van der Waals surface area contributed by atoms with Crippen LogP contribution in [0.5, 0.6) is 0 Å². The molecule has 0 aliphatic heterocycles. The summed E-state index contributed by atoms with van der Waals surface area (Å²) in [6.07, 6.45) is 7.16. The number of esters is 1. The summed E-state index contributed by atoms with van der Waals surface area (Å²) in [6, 6.07) is 0. The van der Waals surface area contributed by atoms with Crippen LogP contribution in [0.1, 0.15) is 66.2 Å². The van der Waals surface area contributed by atoms with E-state index in [0.29, 0.717) is 18.9 Å². The topological polar surface area (TPSA) is 66.8 Å². The van der Waals surface area contributed by atoms with Gasteiger partial charge in [0.2, 0.25) is 0 Å². The molecule has 2 saturated carbocycles. The predicted octanol–water partition coefficient (Wildman–Crippen LogP) is 4.02. The highest BCUT2D eigenvalue weighted by Crippen LogP contribution is 2.62. The SMILES string of the molecule is C=C1[C@H](O)C[C@H]2[C@@](C)(COC(C)=O)CCC[C@]2(C)[C@H]1CC/C(C)=C/CO. The molecule has 0 aromatic heterocycles. The van der Waals surface area contributed by atoms with E-state index in [1.807, 2.05) is 13.0 Å². The lowest BCUT2D eigenvalue weighted by atomic mass is 9.46. The molecule has 2 aliphatic rings. The molecule has 0 unspecified atom stereocenters. The largest absolute Gasteiger partial charge is 0.465 e. The van der Waals surface area contributed by atoms with Gasteiger partial charge in [-0.3, -0.25) is 4.79 Å². The molecule has 0 radical (unpaired) electrons. The van der Waals surface area contributed by atoms with E-state index >= 15 is 0 Å². The highest BCUT2D eigenvalue weighted by Gasteiger charge is 2.56. The molecule has 0 aromatic rings. The quantitative estimate of drug-likeness (QED) is 0.552. The maximum absolute atomic E-state index is 11.4. The Labute approximate surface area is 158 Å². The number of allylic oxidation sites excluding steroid dienone is 1. The van der Waals surface area contributed by atoms with E-state index in [4.69, 9.17) is 9.84 Å². The van der Waals surface area contributed by atoms with Gasteiger partial charge in [0.05, 0.1) is 19.3 Å². The molecule has 2 aliphatic carbocycles. The summed E-state index contributed by atoms with van der Waals surface area (Å²) in [7, 11) is 0. The van der Waals surface area contributed by atoms with Gasteiger partial charge in [0, 0.05) is 12.3 Å². The molecule has 0 amide bonds. The third kappa shape index (κ3) is 4.23. The summed E-state index contributed by atoms with van der Waals surface area (Å²) in [5.41, 5.74) is 2.09. The van der Waals surface area contributed by atoms with E-state index in [1.54, 1.807) is 0 Å². The monoisotopic (exact) mass is 364 g/mol. The Morgan fingerprint density at radius 1 is 1.35 bits per heavy atom. The molecular weight excluding hydrogens is 328 g/mol. The molecule has 0 spiro atoms. The molecule has 148 valence electrons. The van der Waals surface area contributed by atoms with Gasteiger partial charge in [-0.15, -0.1) is 0 Å². The molecule has 2 rings (SSSR count). The molecule has 2 fully saturated rings. The van der Waals surface area contributed by atoms with Crippen molar-refractivity contribution in [2.75, 3.05) is 13.2 Å². The van der Waals surface area contributed by atoms with Crippen molar-refractivity contribution < 1.29 is 19.7 Å². The number of rotatable bonds is 6. The molecule has 4 nitrogen and oxygen atoms in total. The second-order valence-electron chi connectivity index (χ2n) is 9.00. The molecule has 0 saturated heterocycles. The predicted molar refractivity (Wildman–Crippen MR) is 104 cm³/mol. The zero-order valence-electron chi connectivity index (χ0n) is 16.9. The number of hydrogen-bond donors (Lipinski definition) is 2. The first kappa shape index (κ1) is 21.2. The first-order chi connectivity index (χ1) is 12.1. The molecule has 5 atom stereocenters. The van der Waals surface area contributed by atoms with Gasteiger partial charge in [0.1, 0.15) is 0 Å². The second-order valence-corrected chi connectivity index (χ2v) is 9.00. The number of aliphatic hydroxyl groups excluding tert-OH is 2. The van der Waals surface area contributed by atoms with Crippen LogP contribution in [0.3, 0.4) is 0 Å². The Hall–Kier alpha value is -1.13. The van der Waals surface area contributed by atoms with Crippen molar-refractivity contribution in [2.24, 2.45) is 22.7 Å². The van der Waals surface area contributed by atoms with Gasteiger partial charge in [-0.2, -0.15) is 0 Å². The molecular formula is C22H36O4. The summed E-state index contributed by atoms with van der Waals surface area (Å²) in [5, 5.41) is 19.8. The Bertz CT molecular complexity index is 566. The van der Waals surface area contributed by atoms with Crippen LogP contribution in [-0.2, 0) is 9.53 Å². The van der Waals surface area contributed by atoms with Gasteiger partial charge in [0.15, 0.2) is 0 Å². The standard InChI is InChI=1S/C22H36O4/c1-15(9-12-23)7-8-18-16(2)19(25)13-20-21(4,14-26-17(3)24)10-6-11-22(18,20)5/h9,18-20,23,25H,2,6-8,10-14H2,1,3-5H3/b15-9+/t18-,19+,20-,21+,22+/m0/s1. The summed E-state index contributed by atoms with van der Waals surface area (Å²) < 4.78 is 5.43. The summed E-state index contributed by atoms with van der Waals surface area (Å²) in [5.74, 6) is 0.312. The van der Waals surface area contributed by atoms with Crippen molar-refractivity contribution in [3.8, 4) is 0 Å². The van der Waals surface area contributed by atoms with Gasteiger partial charge >= 0.3 is 5.97 Å². The summed E-state index contributed by atoms with van der Waals surface area (Å²) in [4.78, 5) is 11.4. The Kier molecular flexibility index (Phi) is 6.73. The number of ether oxygens (including phenoxy) is 1. The lowest BCUT2D eigenvalue weighted by Gasteiger charge is -2.59. The zero-order chi connectivity index (χ0) is 19.5. The maximum atomic E-state index is 11.4. The number of fused-ring (bicyclic) bond motifs is 1. The van der Waals surface area contributed by atoms with Crippen molar-refractivity contribution in [3.63, 3.8) is 0 Å². The minimum atomic E-state index is -0.491. The van der Waals surface area contributed by atoms with Gasteiger partial charge in [-0.1, -0.05) is 38.5 Å². The van der Waals surface area contributed by atoms with Crippen LogP contribution in [0.25, 0.3) is 0 Å². The van der Waals surface area contributed by atoms with Crippen molar-refractivity contribution in [1.82, 2.24) is 0 Å². The lowest BCUT2D eigenvalue weighted by molar-refractivity contribution is -0.155. The number of aliphatic hydroxyl groups is 2. The van der Waals surface area contributed by atoms with Crippen molar-refractivity contribution in [3.05, 3.63) is 23.8 Å². The molecule has 0 bridgehead atoms. The number of carbonyl (C=O) groups excluding carboxylic acids is 1. The Balaban J connectivity index is 2.27. The minimum Gasteiger partial charge on any atom is -0.465 e. The van der Waals surface area contributed by atoms with E-state index in [1.165, 1.54) is 12.5 Å². The van der Waals surface area contributed by atoms with Crippen LogP contribution in [0, 0.1) is 22.7 Å². The maximum Gasteiger partial charge on any atom is 0.302 e.